The molecule has 0 fully saturated rings. The number of alkyl halides is 3. The van der Waals surface area contributed by atoms with Crippen LogP contribution in [0.25, 0.3) is 0 Å². The molecule has 3 nitrogen and oxygen atoms in total. The first kappa shape index (κ1) is 11.9. The summed E-state index contributed by atoms with van der Waals surface area (Å²) in [5.41, 5.74) is -0.976. The van der Waals surface area contributed by atoms with Crippen molar-refractivity contribution in [1.82, 2.24) is 9.97 Å². The number of nitrogens with zero attached hydrogens (tertiary/aromatic N) is 2. The van der Waals surface area contributed by atoms with Crippen LogP contribution >= 0.6 is 0 Å². The third-order valence-electron chi connectivity index (χ3n) is 1.89. The monoisotopic (exact) mass is 220 g/mol. The Hall–Kier alpha value is -1.17. The highest BCUT2D eigenvalue weighted by Crippen LogP contribution is 2.27. The largest absolute Gasteiger partial charge is 0.433 e. The predicted molar refractivity (Wildman–Crippen MR) is 47.0 cm³/mol. The molecule has 0 bridgehead atoms. The molecule has 1 aromatic heterocycles. The SMILES string of the molecule is CCC(O)Cc1nccc(C(F)(F)F)n1. The molecule has 0 radical (unpaired) electrons. The van der Waals surface area contributed by atoms with E-state index in [4.69, 9.17) is 0 Å². The van der Waals surface area contributed by atoms with E-state index in [2.05, 4.69) is 9.97 Å². The van der Waals surface area contributed by atoms with Crippen LogP contribution in [0.1, 0.15) is 24.9 Å². The maximum atomic E-state index is 12.2. The van der Waals surface area contributed by atoms with Gasteiger partial charge in [0.15, 0.2) is 0 Å². The Bertz CT molecular complexity index is 327. The standard InChI is InChI=1S/C9H11F3N2O/c1-2-6(15)5-8-13-4-3-7(14-8)9(10,11)12/h3-4,6,15H,2,5H2,1H3. The van der Waals surface area contributed by atoms with Gasteiger partial charge in [0.05, 0.1) is 6.10 Å². The second kappa shape index (κ2) is 4.57. The van der Waals surface area contributed by atoms with Crippen LogP contribution in [-0.4, -0.2) is 21.2 Å². The summed E-state index contributed by atoms with van der Waals surface area (Å²) in [6.07, 6.45) is -3.61. The van der Waals surface area contributed by atoms with Crippen molar-refractivity contribution in [2.75, 3.05) is 0 Å². The molecule has 0 aromatic carbocycles. The summed E-state index contributed by atoms with van der Waals surface area (Å²) < 4.78 is 36.7. The van der Waals surface area contributed by atoms with Crippen LogP contribution in [-0.2, 0) is 12.6 Å². The molecule has 1 atom stereocenters. The lowest BCUT2D eigenvalue weighted by atomic mass is 10.2. The molecule has 0 saturated carbocycles. The zero-order chi connectivity index (χ0) is 11.5. The fourth-order valence-electron chi connectivity index (χ4n) is 1.01. The Morgan fingerprint density at radius 3 is 2.67 bits per heavy atom. The second-order valence-corrected chi connectivity index (χ2v) is 3.12. The van der Waals surface area contributed by atoms with E-state index in [-0.39, 0.29) is 12.2 Å². The fourth-order valence-corrected chi connectivity index (χ4v) is 1.01. The molecular formula is C9H11F3N2O. The molecule has 0 saturated heterocycles. The maximum Gasteiger partial charge on any atom is 0.433 e. The summed E-state index contributed by atoms with van der Waals surface area (Å²) in [6, 6.07) is 0.807. The van der Waals surface area contributed by atoms with E-state index in [9.17, 15) is 18.3 Å². The quantitative estimate of drug-likeness (QED) is 0.844. The lowest BCUT2D eigenvalue weighted by molar-refractivity contribution is -0.141. The minimum atomic E-state index is -4.46. The first-order valence-corrected chi connectivity index (χ1v) is 4.50. The molecule has 0 aliphatic rings. The lowest BCUT2D eigenvalue weighted by Gasteiger charge is -2.09. The molecule has 84 valence electrons. The number of aliphatic hydroxyl groups excluding tert-OH is 1. The summed E-state index contributed by atoms with van der Waals surface area (Å²) in [7, 11) is 0. The Kier molecular flexibility index (Phi) is 3.62. The van der Waals surface area contributed by atoms with E-state index in [0.717, 1.165) is 12.3 Å². The smallest absolute Gasteiger partial charge is 0.393 e. The first-order chi connectivity index (χ1) is 6.93. The molecular weight excluding hydrogens is 209 g/mol. The van der Waals surface area contributed by atoms with Gasteiger partial charge in [-0.15, -0.1) is 0 Å². The van der Waals surface area contributed by atoms with Crippen LogP contribution < -0.4 is 0 Å². The van der Waals surface area contributed by atoms with E-state index in [1.54, 1.807) is 6.92 Å². The molecule has 1 rings (SSSR count). The number of hydrogen-bond donors (Lipinski definition) is 1. The Balaban J connectivity index is 2.84. The predicted octanol–water partition coefficient (Wildman–Crippen LogP) is 1.81. The Morgan fingerprint density at radius 1 is 1.47 bits per heavy atom. The third-order valence-corrected chi connectivity index (χ3v) is 1.89. The van der Waals surface area contributed by atoms with Gasteiger partial charge in [0.1, 0.15) is 11.5 Å². The van der Waals surface area contributed by atoms with Gasteiger partial charge in [-0.2, -0.15) is 13.2 Å². The van der Waals surface area contributed by atoms with Crippen LogP contribution in [0, 0.1) is 0 Å². The number of halogens is 3. The van der Waals surface area contributed by atoms with Gasteiger partial charge in [-0.3, -0.25) is 0 Å². The fraction of sp³-hybridized carbons (Fsp3) is 0.556. The molecule has 1 heterocycles. The average molecular weight is 220 g/mol. The van der Waals surface area contributed by atoms with E-state index in [0.29, 0.717) is 6.42 Å². The molecule has 1 N–H and O–H groups in total. The van der Waals surface area contributed by atoms with Gasteiger partial charge in [0, 0.05) is 12.6 Å². The number of rotatable bonds is 3. The van der Waals surface area contributed by atoms with Crippen LogP contribution in [0.15, 0.2) is 12.3 Å². The van der Waals surface area contributed by atoms with E-state index in [1.165, 1.54) is 0 Å². The zero-order valence-electron chi connectivity index (χ0n) is 8.12. The van der Waals surface area contributed by atoms with Crippen molar-refractivity contribution in [1.29, 1.82) is 0 Å². The maximum absolute atomic E-state index is 12.2. The van der Waals surface area contributed by atoms with E-state index < -0.39 is 18.0 Å². The van der Waals surface area contributed by atoms with Crippen LogP contribution in [0.2, 0.25) is 0 Å². The van der Waals surface area contributed by atoms with Crippen molar-refractivity contribution in [3.05, 3.63) is 23.8 Å². The highest BCUT2D eigenvalue weighted by Gasteiger charge is 2.32. The van der Waals surface area contributed by atoms with Crippen LogP contribution in [0.5, 0.6) is 0 Å². The van der Waals surface area contributed by atoms with Gasteiger partial charge in [-0.1, -0.05) is 6.92 Å². The molecule has 1 aromatic rings. The molecule has 15 heavy (non-hydrogen) atoms. The van der Waals surface area contributed by atoms with Crippen molar-refractivity contribution in [3.8, 4) is 0 Å². The van der Waals surface area contributed by atoms with Gasteiger partial charge >= 0.3 is 6.18 Å². The van der Waals surface area contributed by atoms with Gasteiger partial charge in [-0.05, 0) is 12.5 Å². The number of hydrogen-bond acceptors (Lipinski definition) is 3. The topological polar surface area (TPSA) is 46.0 Å². The molecule has 6 heteroatoms. The van der Waals surface area contributed by atoms with Gasteiger partial charge in [0.25, 0.3) is 0 Å². The second-order valence-electron chi connectivity index (χ2n) is 3.12. The van der Waals surface area contributed by atoms with Crippen molar-refractivity contribution in [2.45, 2.75) is 32.0 Å². The minimum absolute atomic E-state index is 0.0131. The van der Waals surface area contributed by atoms with Gasteiger partial charge in [-0.25, -0.2) is 9.97 Å². The van der Waals surface area contributed by atoms with Crippen molar-refractivity contribution < 1.29 is 18.3 Å². The van der Waals surface area contributed by atoms with Crippen LogP contribution in [0.4, 0.5) is 13.2 Å². The van der Waals surface area contributed by atoms with Crippen LogP contribution in [0.3, 0.4) is 0 Å². The highest BCUT2D eigenvalue weighted by molar-refractivity contribution is 5.06. The Morgan fingerprint density at radius 2 is 2.13 bits per heavy atom. The summed E-state index contributed by atoms with van der Waals surface area (Å²) in [4.78, 5) is 7.01. The summed E-state index contributed by atoms with van der Waals surface area (Å²) in [5.74, 6) is 0.0131. The zero-order valence-corrected chi connectivity index (χ0v) is 8.12. The van der Waals surface area contributed by atoms with Crippen molar-refractivity contribution in [2.24, 2.45) is 0 Å². The third kappa shape index (κ3) is 3.47. The summed E-state index contributed by atoms with van der Waals surface area (Å²) in [6.45, 7) is 1.73. The molecule has 0 amide bonds. The summed E-state index contributed by atoms with van der Waals surface area (Å²) >= 11 is 0. The van der Waals surface area contributed by atoms with E-state index >= 15 is 0 Å². The molecule has 0 aliphatic heterocycles. The van der Waals surface area contributed by atoms with Gasteiger partial charge in [0.2, 0.25) is 0 Å². The normalized spacial score (nSPS) is 13.9. The number of aromatic nitrogens is 2. The average Bonchev–Trinajstić information content (AvgIpc) is 2.17. The van der Waals surface area contributed by atoms with Crippen molar-refractivity contribution >= 4 is 0 Å². The Labute approximate surface area is 85.0 Å². The summed E-state index contributed by atoms with van der Waals surface area (Å²) in [5, 5.41) is 9.24. The number of aliphatic hydroxyl groups is 1. The molecule has 0 spiro atoms. The van der Waals surface area contributed by atoms with E-state index in [1.807, 2.05) is 0 Å². The lowest BCUT2D eigenvalue weighted by Crippen LogP contribution is -2.15. The van der Waals surface area contributed by atoms with Gasteiger partial charge < -0.3 is 5.11 Å². The van der Waals surface area contributed by atoms with Crippen molar-refractivity contribution in [3.63, 3.8) is 0 Å². The highest BCUT2D eigenvalue weighted by atomic mass is 19.4. The molecule has 0 aliphatic carbocycles. The first-order valence-electron chi connectivity index (χ1n) is 4.50. The minimum Gasteiger partial charge on any atom is -0.393 e. The molecule has 1 unspecified atom stereocenters.